The minimum absolute atomic E-state index is 0.0309. The first-order valence-corrected chi connectivity index (χ1v) is 6.45. The van der Waals surface area contributed by atoms with E-state index >= 15 is 0 Å². The van der Waals surface area contributed by atoms with Crippen molar-refractivity contribution < 1.29 is 19.5 Å². The highest BCUT2D eigenvalue weighted by molar-refractivity contribution is 9.10. The Balaban J connectivity index is 2.44. The molecule has 6 heteroatoms. The molecule has 2 rings (SSSR count). The number of hydrogen-bond acceptors (Lipinski definition) is 5. The van der Waals surface area contributed by atoms with E-state index in [0.717, 1.165) is 0 Å². The summed E-state index contributed by atoms with van der Waals surface area (Å²) in [6.07, 6.45) is 1.64. The topological polar surface area (TPSA) is 68.1 Å². The van der Waals surface area contributed by atoms with Crippen molar-refractivity contribution in [1.29, 1.82) is 0 Å². The molecule has 0 spiro atoms. The van der Waals surface area contributed by atoms with Crippen LogP contribution in [0.5, 0.6) is 11.5 Å². The lowest BCUT2D eigenvalue weighted by Gasteiger charge is -2.08. The van der Waals surface area contributed by atoms with Crippen LogP contribution in [-0.4, -0.2) is 23.4 Å². The predicted molar refractivity (Wildman–Crippen MR) is 74.2 cm³/mol. The maximum atomic E-state index is 11.5. The largest absolute Gasteiger partial charge is 0.503 e. The highest BCUT2D eigenvalue weighted by Gasteiger charge is 2.22. The van der Waals surface area contributed by atoms with Crippen LogP contribution in [-0.2, 0) is 9.63 Å². The van der Waals surface area contributed by atoms with Gasteiger partial charge >= 0.3 is 5.97 Å². The van der Waals surface area contributed by atoms with Crippen LogP contribution in [0.15, 0.2) is 27.3 Å². The molecule has 0 unspecified atom stereocenters. The van der Waals surface area contributed by atoms with Gasteiger partial charge < -0.3 is 14.7 Å². The lowest BCUT2D eigenvalue weighted by atomic mass is 10.1. The van der Waals surface area contributed by atoms with Gasteiger partial charge in [-0.15, -0.1) is 0 Å². The Morgan fingerprint density at radius 3 is 2.84 bits per heavy atom. The molecule has 0 bridgehead atoms. The molecule has 0 amide bonds. The quantitative estimate of drug-likeness (QED) is 0.685. The average Bonchev–Trinajstić information content (AvgIpc) is 2.67. The number of phenolic OH excluding ortho intramolecular Hbond substituents is 1. The Kier molecular flexibility index (Phi) is 3.90. The summed E-state index contributed by atoms with van der Waals surface area (Å²) in [7, 11) is 0. The van der Waals surface area contributed by atoms with Crippen LogP contribution in [0.2, 0.25) is 0 Å². The van der Waals surface area contributed by atoms with E-state index in [1.54, 1.807) is 25.1 Å². The number of carbonyl (C=O) groups excluding carboxylic acids is 1. The molecule has 19 heavy (non-hydrogen) atoms. The first-order valence-electron chi connectivity index (χ1n) is 5.66. The van der Waals surface area contributed by atoms with Crippen LogP contribution in [0.3, 0.4) is 0 Å². The van der Waals surface area contributed by atoms with E-state index in [1.165, 1.54) is 0 Å². The van der Waals surface area contributed by atoms with E-state index in [1.807, 2.05) is 6.92 Å². The first-order chi connectivity index (χ1) is 9.02. The molecular weight excluding hydrogens is 314 g/mol. The van der Waals surface area contributed by atoms with Crippen molar-refractivity contribution in [3.63, 3.8) is 0 Å². The lowest BCUT2D eigenvalue weighted by molar-refractivity contribution is -0.136. The monoisotopic (exact) mass is 325 g/mol. The van der Waals surface area contributed by atoms with Crippen LogP contribution in [0.1, 0.15) is 19.4 Å². The van der Waals surface area contributed by atoms with Crippen molar-refractivity contribution in [2.45, 2.75) is 13.8 Å². The zero-order valence-electron chi connectivity index (χ0n) is 10.4. The van der Waals surface area contributed by atoms with Gasteiger partial charge in [0.05, 0.1) is 22.4 Å². The second-order valence-electron chi connectivity index (χ2n) is 3.90. The van der Waals surface area contributed by atoms with Crippen molar-refractivity contribution in [2.24, 2.45) is 5.16 Å². The molecule has 1 aromatic rings. The number of oxime groups is 1. The zero-order chi connectivity index (χ0) is 14.0. The van der Waals surface area contributed by atoms with Gasteiger partial charge in [0.2, 0.25) is 0 Å². The molecule has 1 aliphatic heterocycles. The van der Waals surface area contributed by atoms with E-state index in [-0.39, 0.29) is 5.75 Å². The fraction of sp³-hybridized carbons (Fsp3) is 0.231. The SMILES string of the molecule is CCOc1cc(/C=C2/C(=O)ON=C2C)cc(Br)c1O. The summed E-state index contributed by atoms with van der Waals surface area (Å²) in [6.45, 7) is 3.95. The summed E-state index contributed by atoms with van der Waals surface area (Å²) in [5.41, 5.74) is 1.61. The van der Waals surface area contributed by atoms with Gasteiger partial charge in [0.1, 0.15) is 0 Å². The molecular formula is C13H12BrNO4. The maximum absolute atomic E-state index is 11.5. The molecule has 0 fully saturated rings. The predicted octanol–water partition coefficient (Wildman–Crippen LogP) is 2.87. The van der Waals surface area contributed by atoms with Crippen molar-refractivity contribution in [3.8, 4) is 11.5 Å². The second-order valence-corrected chi connectivity index (χ2v) is 4.75. The number of rotatable bonds is 3. The highest BCUT2D eigenvalue weighted by Crippen LogP contribution is 2.36. The minimum Gasteiger partial charge on any atom is -0.503 e. The number of benzene rings is 1. The molecule has 1 N–H and O–H groups in total. The van der Waals surface area contributed by atoms with Gasteiger partial charge in [-0.25, -0.2) is 4.79 Å². The minimum atomic E-state index is -0.486. The Bertz CT molecular complexity index is 593. The molecule has 5 nitrogen and oxygen atoms in total. The third-order valence-electron chi connectivity index (χ3n) is 2.54. The number of phenols is 1. The van der Waals surface area contributed by atoms with Gasteiger partial charge in [-0.05, 0) is 53.5 Å². The van der Waals surface area contributed by atoms with Gasteiger partial charge in [-0.3, -0.25) is 0 Å². The van der Waals surface area contributed by atoms with Crippen LogP contribution >= 0.6 is 15.9 Å². The molecule has 1 heterocycles. The number of ether oxygens (including phenoxy) is 1. The standard InChI is InChI=1S/C13H12BrNO4/c1-3-18-11-6-8(5-10(14)12(11)16)4-9-7(2)15-19-13(9)17/h4-6,16H,3H2,1-2H3/b9-4+. The van der Waals surface area contributed by atoms with E-state index in [9.17, 15) is 9.90 Å². The van der Waals surface area contributed by atoms with Crippen molar-refractivity contribution in [3.05, 3.63) is 27.7 Å². The lowest BCUT2D eigenvalue weighted by Crippen LogP contribution is -2.02. The molecule has 0 aromatic heterocycles. The smallest absolute Gasteiger partial charge is 0.367 e. The molecule has 0 atom stereocenters. The molecule has 0 saturated heterocycles. The molecule has 1 aromatic carbocycles. The summed E-state index contributed by atoms with van der Waals surface area (Å²) >= 11 is 3.24. The third kappa shape index (κ3) is 2.78. The van der Waals surface area contributed by atoms with Crippen molar-refractivity contribution >= 4 is 33.7 Å². The Morgan fingerprint density at radius 2 is 2.26 bits per heavy atom. The number of aromatic hydroxyl groups is 1. The number of carbonyl (C=O) groups is 1. The van der Waals surface area contributed by atoms with Gasteiger partial charge in [0.25, 0.3) is 0 Å². The molecule has 0 aliphatic carbocycles. The van der Waals surface area contributed by atoms with E-state index in [2.05, 4.69) is 25.9 Å². The molecule has 0 saturated carbocycles. The average molecular weight is 326 g/mol. The van der Waals surface area contributed by atoms with Gasteiger partial charge in [0, 0.05) is 0 Å². The zero-order valence-corrected chi connectivity index (χ0v) is 12.0. The number of hydrogen-bond donors (Lipinski definition) is 1. The summed E-state index contributed by atoms with van der Waals surface area (Å²) < 4.78 is 5.81. The van der Waals surface area contributed by atoms with Crippen LogP contribution in [0, 0.1) is 0 Å². The number of halogens is 1. The fourth-order valence-corrected chi connectivity index (χ4v) is 2.09. The molecule has 0 radical (unpaired) electrons. The summed E-state index contributed by atoms with van der Waals surface area (Å²) in [6, 6.07) is 3.33. The molecule has 1 aliphatic rings. The van der Waals surface area contributed by atoms with E-state index in [4.69, 9.17) is 4.74 Å². The maximum Gasteiger partial charge on any atom is 0.367 e. The normalized spacial score (nSPS) is 16.5. The van der Waals surface area contributed by atoms with Gasteiger partial charge in [-0.1, -0.05) is 5.16 Å². The Hall–Kier alpha value is -1.82. The van der Waals surface area contributed by atoms with Crippen LogP contribution < -0.4 is 4.74 Å². The molecule has 100 valence electrons. The fourth-order valence-electron chi connectivity index (χ4n) is 1.63. The number of nitrogens with zero attached hydrogens (tertiary/aromatic N) is 1. The summed E-state index contributed by atoms with van der Waals surface area (Å²) in [5, 5.41) is 13.4. The first kappa shape index (κ1) is 13.6. The van der Waals surface area contributed by atoms with E-state index in [0.29, 0.717) is 33.7 Å². The van der Waals surface area contributed by atoms with Crippen LogP contribution in [0.25, 0.3) is 6.08 Å². The van der Waals surface area contributed by atoms with Gasteiger partial charge in [-0.2, -0.15) is 0 Å². The van der Waals surface area contributed by atoms with Crippen LogP contribution in [0.4, 0.5) is 0 Å². The summed E-state index contributed by atoms with van der Waals surface area (Å²) in [5.74, 6) is -0.104. The van der Waals surface area contributed by atoms with Crippen molar-refractivity contribution in [1.82, 2.24) is 0 Å². The van der Waals surface area contributed by atoms with Gasteiger partial charge in [0.15, 0.2) is 11.5 Å². The Morgan fingerprint density at radius 1 is 1.53 bits per heavy atom. The summed E-state index contributed by atoms with van der Waals surface area (Å²) in [4.78, 5) is 16.0. The third-order valence-corrected chi connectivity index (χ3v) is 3.14. The highest BCUT2D eigenvalue weighted by atomic mass is 79.9. The Labute approximate surface area is 118 Å². The second kappa shape index (κ2) is 5.44. The van der Waals surface area contributed by atoms with E-state index < -0.39 is 5.97 Å². The van der Waals surface area contributed by atoms with Crippen molar-refractivity contribution in [2.75, 3.05) is 6.61 Å².